The Bertz CT molecular complexity index is 552. The van der Waals surface area contributed by atoms with Gasteiger partial charge >= 0.3 is 0 Å². The van der Waals surface area contributed by atoms with Gasteiger partial charge in [0.15, 0.2) is 0 Å². The van der Waals surface area contributed by atoms with E-state index in [2.05, 4.69) is 33.9 Å². The number of rotatable bonds is 6. The second kappa shape index (κ2) is 9.44. The molecular formula is C20H32N4O2. The number of piperidine rings is 1. The predicted molar refractivity (Wildman–Crippen MR) is 102 cm³/mol. The maximum Gasteiger partial charge on any atom is 0.223 e. The Morgan fingerprint density at radius 3 is 2.54 bits per heavy atom. The first-order valence-electron chi connectivity index (χ1n) is 9.89. The third-order valence-electron chi connectivity index (χ3n) is 5.62. The first-order valence-corrected chi connectivity index (χ1v) is 9.89. The van der Waals surface area contributed by atoms with E-state index in [0.717, 1.165) is 57.9 Å². The number of carbonyl (C=O) groups is 1. The second-order valence-corrected chi connectivity index (χ2v) is 7.57. The van der Waals surface area contributed by atoms with Crippen molar-refractivity contribution in [2.75, 3.05) is 45.9 Å². The maximum absolute atomic E-state index is 12.7. The number of morpholine rings is 1. The molecule has 0 aliphatic carbocycles. The summed E-state index contributed by atoms with van der Waals surface area (Å²) in [6.07, 6.45) is 3.73. The lowest BCUT2D eigenvalue weighted by molar-refractivity contribution is -0.127. The molecule has 0 radical (unpaired) electrons. The lowest BCUT2D eigenvalue weighted by atomic mass is 9.95. The van der Waals surface area contributed by atoms with Gasteiger partial charge in [-0.15, -0.1) is 0 Å². The minimum atomic E-state index is 0.111. The van der Waals surface area contributed by atoms with Crippen molar-refractivity contribution in [3.05, 3.63) is 30.1 Å². The summed E-state index contributed by atoms with van der Waals surface area (Å²) < 4.78 is 5.48. The summed E-state index contributed by atoms with van der Waals surface area (Å²) in [5.41, 5.74) is 1.02. The summed E-state index contributed by atoms with van der Waals surface area (Å²) in [7, 11) is 0. The van der Waals surface area contributed by atoms with E-state index in [1.165, 1.54) is 0 Å². The van der Waals surface area contributed by atoms with Gasteiger partial charge in [-0.3, -0.25) is 14.7 Å². The summed E-state index contributed by atoms with van der Waals surface area (Å²) in [6.45, 7) is 10.3. The first kappa shape index (κ1) is 19.3. The highest BCUT2D eigenvalue weighted by Crippen LogP contribution is 2.21. The van der Waals surface area contributed by atoms with Crippen LogP contribution in [0.15, 0.2) is 24.4 Å². The summed E-state index contributed by atoms with van der Waals surface area (Å²) >= 11 is 0. The van der Waals surface area contributed by atoms with Crippen molar-refractivity contribution in [3.8, 4) is 0 Å². The van der Waals surface area contributed by atoms with Crippen LogP contribution in [0.5, 0.6) is 0 Å². The van der Waals surface area contributed by atoms with E-state index in [4.69, 9.17) is 4.74 Å². The Morgan fingerprint density at radius 1 is 1.19 bits per heavy atom. The molecule has 1 aromatic rings. The van der Waals surface area contributed by atoms with E-state index in [0.29, 0.717) is 12.6 Å². The van der Waals surface area contributed by atoms with Gasteiger partial charge in [0.2, 0.25) is 5.91 Å². The van der Waals surface area contributed by atoms with Crippen molar-refractivity contribution >= 4 is 5.91 Å². The van der Waals surface area contributed by atoms with Crippen LogP contribution in [0.2, 0.25) is 0 Å². The molecule has 1 amide bonds. The van der Waals surface area contributed by atoms with Gasteiger partial charge in [-0.1, -0.05) is 6.07 Å². The van der Waals surface area contributed by atoms with Gasteiger partial charge in [-0.2, -0.15) is 0 Å². The number of nitrogens with one attached hydrogen (secondary N) is 1. The Balaban J connectivity index is 1.56. The van der Waals surface area contributed by atoms with Gasteiger partial charge in [0, 0.05) is 37.8 Å². The molecule has 1 unspecified atom stereocenters. The van der Waals surface area contributed by atoms with Crippen LogP contribution < -0.4 is 5.32 Å². The number of carbonyl (C=O) groups excluding carboxylic acids is 1. The van der Waals surface area contributed by atoms with E-state index in [1.807, 2.05) is 24.4 Å². The van der Waals surface area contributed by atoms with Crippen LogP contribution >= 0.6 is 0 Å². The van der Waals surface area contributed by atoms with Gasteiger partial charge in [0.25, 0.3) is 0 Å². The van der Waals surface area contributed by atoms with Gasteiger partial charge in [-0.05, 0) is 51.9 Å². The van der Waals surface area contributed by atoms with E-state index in [-0.39, 0.29) is 17.9 Å². The zero-order valence-corrected chi connectivity index (χ0v) is 16.1. The minimum Gasteiger partial charge on any atom is -0.379 e. The van der Waals surface area contributed by atoms with Crippen molar-refractivity contribution in [1.82, 2.24) is 20.1 Å². The highest BCUT2D eigenvalue weighted by molar-refractivity contribution is 5.78. The van der Waals surface area contributed by atoms with Gasteiger partial charge < -0.3 is 15.0 Å². The quantitative estimate of drug-likeness (QED) is 0.837. The topological polar surface area (TPSA) is 57.7 Å². The molecule has 0 saturated carbocycles. The normalized spacial score (nSPS) is 21.7. The molecule has 2 aliphatic heterocycles. The van der Waals surface area contributed by atoms with Gasteiger partial charge in [-0.25, -0.2) is 0 Å². The molecule has 2 fully saturated rings. The van der Waals surface area contributed by atoms with Gasteiger partial charge in [0.05, 0.1) is 24.9 Å². The van der Waals surface area contributed by atoms with E-state index in [1.54, 1.807) is 0 Å². The predicted octanol–water partition coefficient (Wildman–Crippen LogP) is 1.69. The molecule has 1 N–H and O–H groups in total. The fourth-order valence-corrected chi connectivity index (χ4v) is 3.90. The average molecular weight is 361 g/mol. The molecule has 1 atom stereocenters. The van der Waals surface area contributed by atoms with Gasteiger partial charge in [0.1, 0.15) is 0 Å². The minimum absolute atomic E-state index is 0.111. The number of aromatic nitrogens is 1. The fraction of sp³-hybridized carbons (Fsp3) is 0.700. The van der Waals surface area contributed by atoms with E-state index in [9.17, 15) is 4.79 Å². The Morgan fingerprint density at radius 2 is 1.92 bits per heavy atom. The van der Waals surface area contributed by atoms with Crippen LogP contribution in [-0.4, -0.2) is 72.7 Å². The zero-order chi connectivity index (χ0) is 18.4. The lowest BCUT2D eigenvalue weighted by Gasteiger charge is -2.36. The van der Waals surface area contributed by atoms with Crippen molar-refractivity contribution in [1.29, 1.82) is 0 Å². The molecule has 3 heterocycles. The molecule has 0 aromatic carbocycles. The fourth-order valence-electron chi connectivity index (χ4n) is 3.90. The number of likely N-dealkylation sites (tertiary alicyclic amines) is 1. The third-order valence-corrected chi connectivity index (χ3v) is 5.62. The Hall–Kier alpha value is -1.50. The molecule has 1 aromatic heterocycles. The summed E-state index contributed by atoms with van der Waals surface area (Å²) in [5, 5.41) is 3.21. The van der Waals surface area contributed by atoms with E-state index >= 15 is 0 Å². The SMILES string of the molecule is CC(C)N1CCC(C(=O)NCC(c2ccccn2)N2CCOCC2)CC1. The molecular weight excluding hydrogens is 328 g/mol. The second-order valence-electron chi connectivity index (χ2n) is 7.57. The van der Waals surface area contributed by atoms with Crippen LogP contribution in [0.3, 0.4) is 0 Å². The molecule has 6 heteroatoms. The van der Waals surface area contributed by atoms with Crippen LogP contribution in [0.25, 0.3) is 0 Å². The molecule has 0 bridgehead atoms. The smallest absolute Gasteiger partial charge is 0.223 e. The molecule has 144 valence electrons. The van der Waals surface area contributed by atoms with Crippen LogP contribution in [0.1, 0.15) is 38.4 Å². The largest absolute Gasteiger partial charge is 0.379 e. The maximum atomic E-state index is 12.7. The van der Waals surface area contributed by atoms with Crippen LogP contribution in [0.4, 0.5) is 0 Å². The number of ether oxygens (including phenoxy) is 1. The first-order chi connectivity index (χ1) is 12.6. The Labute approximate surface area is 156 Å². The monoisotopic (exact) mass is 360 g/mol. The molecule has 6 nitrogen and oxygen atoms in total. The summed E-state index contributed by atoms with van der Waals surface area (Å²) in [5.74, 6) is 0.335. The van der Waals surface area contributed by atoms with Crippen LogP contribution in [0, 0.1) is 5.92 Å². The van der Waals surface area contributed by atoms with Crippen molar-refractivity contribution in [2.45, 2.75) is 38.8 Å². The summed E-state index contributed by atoms with van der Waals surface area (Å²) in [4.78, 5) is 22.1. The number of nitrogens with zero attached hydrogens (tertiary/aromatic N) is 3. The van der Waals surface area contributed by atoms with E-state index < -0.39 is 0 Å². The molecule has 26 heavy (non-hydrogen) atoms. The van der Waals surface area contributed by atoms with Crippen molar-refractivity contribution < 1.29 is 9.53 Å². The highest BCUT2D eigenvalue weighted by Gasteiger charge is 2.28. The molecule has 2 aliphatic rings. The lowest BCUT2D eigenvalue weighted by Crippen LogP contribution is -2.47. The highest BCUT2D eigenvalue weighted by atomic mass is 16.5. The van der Waals surface area contributed by atoms with Crippen LogP contribution in [-0.2, 0) is 9.53 Å². The third kappa shape index (κ3) is 5.02. The molecule has 2 saturated heterocycles. The summed E-state index contributed by atoms with van der Waals surface area (Å²) in [6, 6.07) is 6.67. The number of hydrogen-bond donors (Lipinski definition) is 1. The Kier molecular flexibility index (Phi) is 7.00. The standard InChI is InChI=1S/C20H32N4O2/c1-16(2)23-9-6-17(7-10-23)20(25)22-15-19(18-5-3-4-8-21-18)24-11-13-26-14-12-24/h3-5,8,16-17,19H,6-7,9-15H2,1-2H3,(H,22,25). The number of hydrogen-bond acceptors (Lipinski definition) is 5. The molecule has 0 spiro atoms. The number of amides is 1. The number of pyridine rings is 1. The average Bonchev–Trinajstić information content (AvgIpc) is 2.69. The molecule has 3 rings (SSSR count). The van der Waals surface area contributed by atoms with Crippen molar-refractivity contribution in [3.63, 3.8) is 0 Å². The zero-order valence-electron chi connectivity index (χ0n) is 16.1. The van der Waals surface area contributed by atoms with Crippen molar-refractivity contribution in [2.24, 2.45) is 5.92 Å².